The maximum atomic E-state index is 12.6. The predicted octanol–water partition coefficient (Wildman–Crippen LogP) is 0.229. The number of ether oxygens (including phenoxy) is 2. The lowest BCUT2D eigenvalue weighted by Crippen LogP contribution is -2.51. The van der Waals surface area contributed by atoms with E-state index < -0.39 is 18.1 Å². The highest BCUT2D eigenvalue weighted by atomic mass is 16.5. The van der Waals surface area contributed by atoms with Crippen LogP contribution in [0, 0.1) is 0 Å². The van der Waals surface area contributed by atoms with Gasteiger partial charge in [0.25, 0.3) is 5.91 Å². The van der Waals surface area contributed by atoms with E-state index in [0.717, 1.165) is 0 Å². The minimum atomic E-state index is -0.795. The molecule has 2 rings (SSSR count). The minimum absolute atomic E-state index is 0.168. The molecule has 1 saturated heterocycles. The van der Waals surface area contributed by atoms with Crippen molar-refractivity contribution in [2.24, 2.45) is 0 Å². The van der Waals surface area contributed by atoms with Crippen molar-refractivity contribution < 1.29 is 24.2 Å². The van der Waals surface area contributed by atoms with Crippen molar-refractivity contribution in [2.75, 3.05) is 20.8 Å². The smallest absolute Gasteiger partial charge is 0.328 e. The fraction of sp³-hybridized carbons (Fsp3) is 0.500. The van der Waals surface area contributed by atoms with Gasteiger partial charge in [-0.15, -0.1) is 0 Å². The Kier molecular flexibility index (Phi) is 4.74. The van der Waals surface area contributed by atoms with E-state index in [2.05, 4.69) is 4.98 Å². The summed E-state index contributed by atoms with van der Waals surface area (Å²) in [4.78, 5) is 29.9. The van der Waals surface area contributed by atoms with Crippen LogP contribution in [-0.2, 0) is 9.53 Å². The third-order valence-electron chi connectivity index (χ3n) is 3.50. The molecule has 1 N–H and O–H groups in total. The summed E-state index contributed by atoms with van der Waals surface area (Å²) in [5.74, 6) is -0.690. The van der Waals surface area contributed by atoms with Gasteiger partial charge in [0, 0.05) is 19.2 Å². The van der Waals surface area contributed by atoms with E-state index in [0.29, 0.717) is 6.42 Å². The summed E-state index contributed by atoms with van der Waals surface area (Å²) >= 11 is 0. The average molecular weight is 294 g/mol. The molecule has 0 bridgehead atoms. The monoisotopic (exact) mass is 294 g/mol. The van der Waals surface area contributed by atoms with E-state index in [4.69, 9.17) is 9.47 Å². The van der Waals surface area contributed by atoms with Crippen LogP contribution in [0.15, 0.2) is 18.3 Å². The topological polar surface area (TPSA) is 89.0 Å². The summed E-state index contributed by atoms with van der Waals surface area (Å²) in [7, 11) is 2.69. The number of amides is 1. The number of carbonyl (C=O) groups is 2. The number of methoxy groups -OCH3 is 2. The van der Waals surface area contributed by atoms with Gasteiger partial charge in [-0.25, -0.2) is 9.78 Å². The molecular weight excluding hydrogens is 276 g/mol. The third-order valence-corrected chi connectivity index (χ3v) is 3.50. The van der Waals surface area contributed by atoms with Crippen molar-refractivity contribution in [1.29, 1.82) is 0 Å². The molecule has 0 aromatic carbocycles. The van der Waals surface area contributed by atoms with Crippen LogP contribution < -0.4 is 4.74 Å². The standard InChI is InChI=1S/C14H18N2O5/c1-20-12-10(4-3-6-15-12)13(18)16-7-5-9(17)8-11(16)14(19)21-2/h3-4,6,9,11,17H,5,7-8H2,1-2H3/t9-,11+/m1/s1. The number of carbonyl (C=O) groups excluding carboxylic acids is 2. The largest absolute Gasteiger partial charge is 0.480 e. The van der Waals surface area contributed by atoms with Gasteiger partial charge in [0.05, 0.1) is 20.3 Å². The molecule has 114 valence electrons. The van der Waals surface area contributed by atoms with Crippen LogP contribution in [-0.4, -0.2) is 59.8 Å². The molecule has 0 radical (unpaired) electrons. The number of rotatable bonds is 3. The minimum Gasteiger partial charge on any atom is -0.480 e. The Hall–Kier alpha value is -2.15. The second-order valence-electron chi connectivity index (χ2n) is 4.78. The molecule has 1 aliphatic rings. The predicted molar refractivity (Wildman–Crippen MR) is 72.9 cm³/mol. The lowest BCUT2D eigenvalue weighted by atomic mass is 9.98. The van der Waals surface area contributed by atoms with Gasteiger partial charge in [-0.1, -0.05) is 0 Å². The summed E-state index contributed by atoms with van der Waals surface area (Å²) in [5, 5.41) is 9.71. The molecule has 21 heavy (non-hydrogen) atoms. The maximum absolute atomic E-state index is 12.6. The lowest BCUT2D eigenvalue weighted by molar-refractivity contribution is -0.148. The van der Waals surface area contributed by atoms with E-state index in [1.165, 1.54) is 25.3 Å². The van der Waals surface area contributed by atoms with Crippen molar-refractivity contribution >= 4 is 11.9 Å². The van der Waals surface area contributed by atoms with Gasteiger partial charge in [-0.2, -0.15) is 0 Å². The molecule has 2 atom stereocenters. The Bertz CT molecular complexity index is 534. The number of pyridine rings is 1. The number of piperidine rings is 1. The van der Waals surface area contributed by atoms with Gasteiger partial charge in [-0.3, -0.25) is 4.79 Å². The highest BCUT2D eigenvalue weighted by Gasteiger charge is 2.37. The number of aromatic nitrogens is 1. The first-order valence-electron chi connectivity index (χ1n) is 6.64. The SMILES string of the molecule is COC(=O)[C@@H]1C[C@H](O)CCN1C(=O)c1cccnc1OC. The first kappa shape index (κ1) is 15.2. The number of aliphatic hydroxyl groups excluding tert-OH is 1. The number of likely N-dealkylation sites (tertiary alicyclic amines) is 1. The lowest BCUT2D eigenvalue weighted by Gasteiger charge is -2.36. The van der Waals surface area contributed by atoms with E-state index in [1.807, 2.05) is 0 Å². The molecule has 7 heteroatoms. The Labute approximate surface area is 122 Å². The Morgan fingerprint density at radius 1 is 1.43 bits per heavy atom. The highest BCUT2D eigenvalue weighted by Crippen LogP contribution is 2.24. The van der Waals surface area contributed by atoms with Crippen LogP contribution in [0.5, 0.6) is 5.88 Å². The molecule has 1 aliphatic heterocycles. The first-order valence-corrected chi connectivity index (χ1v) is 6.64. The molecular formula is C14H18N2O5. The zero-order chi connectivity index (χ0) is 15.4. The second kappa shape index (κ2) is 6.53. The summed E-state index contributed by atoms with van der Waals surface area (Å²) in [6, 6.07) is 2.42. The summed E-state index contributed by atoms with van der Waals surface area (Å²) < 4.78 is 9.80. The Balaban J connectivity index is 2.29. The maximum Gasteiger partial charge on any atom is 0.328 e. The first-order chi connectivity index (χ1) is 10.1. The van der Waals surface area contributed by atoms with E-state index in [9.17, 15) is 14.7 Å². The molecule has 1 fully saturated rings. The molecule has 1 aromatic rings. The van der Waals surface area contributed by atoms with Gasteiger partial charge in [0.1, 0.15) is 11.6 Å². The summed E-state index contributed by atoms with van der Waals surface area (Å²) in [6.07, 6.45) is 1.49. The number of esters is 1. The van der Waals surface area contributed by atoms with Crippen LogP contribution in [0.1, 0.15) is 23.2 Å². The zero-order valence-electron chi connectivity index (χ0n) is 12.0. The van der Waals surface area contributed by atoms with Crippen molar-refractivity contribution in [3.8, 4) is 5.88 Å². The molecule has 0 aliphatic carbocycles. The fourth-order valence-corrected chi connectivity index (χ4v) is 2.42. The van der Waals surface area contributed by atoms with Crippen molar-refractivity contribution in [1.82, 2.24) is 9.88 Å². The van der Waals surface area contributed by atoms with Gasteiger partial charge in [-0.05, 0) is 18.6 Å². The molecule has 0 unspecified atom stereocenters. The van der Waals surface area contributed by atoms with Crippen molar-refractivity contribution in [3.63, 3.8) is 0 Å². The van der Waals surface area contributed by atoms with Crippen LogP contribution in [0.2, 0.25) is 0 Å². The van der Waals surface area contributed by atoms with E-state index in [1.54, 1.807) is 12.1 Å². The van der Waals surface area contributed by atoms with Crippen LogP contribution in [0.3, 0.4) is 0 Å². The van der Waals surface area contributed by atoms with Gasteiger partial charge >= 0.3 is 5.97 Å². The Morgan fingerprint density at radius 3 is 2.86 bits per heavy atom. The van der Waals surface area contributed by atoms with Crippen LogP contribution in [0.4, 0.5) is 0 Å². The van der Waals surface area contributed by atoms with Crippen molar-refractivity contribution in [3.05, 3.63) is 23.9 Å². The second-order valence-corrected chi connectivity index (χ2v) is 4.78. The van der Waals surface area contributed by atoms with E-state index in [-0.39, 0.29) is 30.3 Å². The molecule has 0 spiro atoms. The molecule has 2 heterocycles. The number of hydrogen-bond acceptors (Lipinski definition) is 6. The Morgan fingerprint density at radius 2 is 2.19 bits per heavy atom. The molecule has 7 nitrogen and oxygen atoms in total. The van der Waals surface area contributed by atoms with Crippen molar-refractivity contribution in [2.45, 2.75) is 25.0 Å². The fourth-order valence-electron chi connectivity index (χ4n) is 2.42. The molecule has 1 amide bonds. The molecule has 1 aromatic heterocycles. The van der Waals surface area contributed by atoms with E-state index >= 15 is 0 Å². The van der Waals surface area contributed by atoms with Crippen LogP contribution in [0.25, 0.3) is 0 Å². The highest BCUT2D eigenvalue weighted by molar-refractivity contribution is 5.98. The third kappa shape index (κ3) is 3.13. The van der Waals surface area contributed by atoms with Gasteiger partial charge in [0.2, 0.25) is 5.88 Å². The summed E-state index contributed by atoms with van der Waals surface area (Å²) in [5.41, 5.74) is 0.283. The molecule has 0 saturated carbocycles. The number of nitrogens with zero attached hydrogens (tertiary/aromatic N) is 2. The van der Waals surface area contributed by atoms with Crippen LogP contribution >= 0.6 is 0 Å². The number of hydrogen-bond donors (Lipinski definition) is 1. The summed E-state index contributed by atoms with van der Waals surface area (Å²) in [6.45, 7) is 0.276. The number of aliphatic hydroxyl groups is 1. The van der Waals surface area contributed by atoms with Gasteiger partial charge < -0.3 is 19.5 Å². The quantitative estimate of drug-likeness (QED) is 0.803. The normalized spacial score (nSPS) is 21.8. The van der Waals surface area contributed by atoms with Gasteiger partial charge in [0.15, 0.2) is 0 Å². The zero-order valence-corrected chi connectivity index (χ0v) is 12.0. The average Bonchev–Trinajstić information content (AvgIpc) is 2.53.